The highest BCUT2D eigenvalue weighted by atomic mass is 35.5. The Morgan fingerprint density at radius 3 is 2.78 bits per heavy atom. The van der Waals surface area contributed by atoms with E-state index in [1.807, 2.05) is 0 Å². The molecule has 3 N–H and O–H groups in total. The smallest absolute Gasteiger partial charge is 0.167 e. The van der Waals surface area contributed by atoms with Crippen LogP contribution in [0.25, 0.3) is 0 Å². The van der Waals surface area contributed by atoms with Gasteiger partial charge in [0.15, 0.2) is 17.4 Å². The molecule has 0 aliphatic heterocycles. The fourth-order valence-corrected chi connectivity index (χ4v) is 1.57. The molecule has 0 saturated heterocycles. The Morgan fingerprint density at radius 1 is 1.33 bits per heavy atom. The average Bonchev–Trinajstić information content (AvgIpc) is 2.34. The molecule has 2 aromatic rings. The molecule has 2 rings (SSSR count). The van der Waals surface area contributed by atoms with Crippen LogP contribution in [0.5, 0.6) is 5.75 Å². The van der Waals surface area contributed by atoms with Crippen molar-refractivity contribution >= 4 is 28.8 Å². The molecular weight excluding hydrogens is 257 g/mol. The van der Waals surface area contributed by atoms with Crippen LogP contribution in [-0.2, 0) is 0 Å². The standard InChI is InChI=1S/C12H11ClFN3O/c1-18-10-4-2-7(6-8(10)14)16-12-9(15)3-5-11(13)17-12/h2-6H,15H2,1H3,(H,16,17). The number of methoxy groups -OCH3 is 1. The number of anilines is 3. The maximum atomic E-state index is 13.5. The van der Waals surface area contributed by atoms with Crippen molar-refractivity contribution in [3.05, 3.63) is 41.3 Å². The highest BCUT2D eigenvalue weighted by Gasteiger charge is 2.06. The largest absolute Gasteiger partial charge is 0.494 e. The lowest BCUT2D eigenvalue weighted by molar-refractivity contribution is 0.386. The summed E-state index contributed by atoms with van der Waals surface area (Å²) in [6.45, 7) is 0. The zero-order chi connectivity index (χ0) is 13.1. The zero-order valence-electron chi connectivity index (χ0n) is 9.58. The number of nitrogens with two attached hydrogens (primary N) is 1. The number of hydrogen-bond acceptors (Lipinski definition) is 4. The molecule has 1 aromatic carbocycles. The monoisotopic (exact) mass is 267 g/mol. The molecule has 0 spiro atoms. The van der Waals surface area contributed by atoms with Crippen LogP contribution < -0.4 is 15.8 Å². The van der Waals surface area contributed by atoms with Gasteiger partial charge < -0.3 is 15.8 Å². The number of aromatic nitrogens is 1. The van der Waals surface area contributed by atoms with Gasteiger partial charge in [0.25, 0.3) is 0 Å². The molecule has 0 saturated carbocycles. The number of benzene rings is 1. The highest BCUT2D eigenvalue weighted by Crippen LogP contribution is 2.26. The van der Waals surface area contributed by atoms with Crippen LogP contribution in [0.2, 0.25) is 5.15 Å². The predicted octanol–water partition coefficient (Wildman–Crippen LogP) is 3.21. The number of ether oxygens (including phenoxy) is 1. The predicted molar refractivity (Wildman–Crippen MR) is 69.9 cm³/mol. The Bertz CT molecular complexity index is 577. The molecule has 94 valence electrons. The van der Waals surface area contributed by atoms with Crippen LogP contribution in [-0.4, -0.2) is 12.1 Å². The Morgan fingerprint density at radius 2 is 2.11 bits per heavy atom. The normalized spacial score (nSPS) is 10.2. The van der Waals surface area contributed by atoms with Gasteiger partial charge in [-0.15, -0.1) is 0 Å². The summed E-state index contributed by atoms with van der Waals surface area (Å²) in [6.07, 6.45) is 0. The van der Waals surface area contributed by atoms with Gasteiger partial charge in [-0.3, -0.25) is 0 Å². The number of halogens is 2. The number of nitrogens with zero attached hydrogens (tertiary/aromatic N) is 1. The molecule has 0 radical (unpaired) electrons. The molecule has 0 aliphatic rings. The minimum absolute atomic E-state index is 0.174. The second kappa shape index (κ2) is 5.10. The van der Waals surface area contributed by atoms with Gasteiger partial charge in [-0.1, -0.05) is 11.6 Å². The molecule has 1 aromatic heterocycles. The van der Waals surface area contributed by atoms with Gasteiger partial charge in [0, 0.05) is 11.8 Å². The maximum Gasteiger partial charge on any atom is 0.167 e. The van der Waals surface area contributed by atoms with Crippen LogP contribution in [0.15, 0.2) is 30.3 Å². The Balaban J connectivity index is 2.28. The molecule has 0 bridgehead atoms. The first-order chi connectivity index (χ1) is 8.60. The third-order valence-electron chi connectivity index (χ3n) is 2.31. The van der Waals surface area contributed by atoms with E-state index in [0.29, 0.717) is 22.3 Å². The van der Waals surface area contributed by atoms with Crippen molar-refractivity contribution in [3.63, 3.8) is 0 Å². The van der Waals surface area contributed by atoms with Crippen LogP contribution in [0.3, 0.4) is 0 Å². The lowest BCUT2D eigenvalue weighted by Crippen LogP contribution is -2.00. The SMILES string of the molecule is COc1ccc(Nc2nc(Cl)ccc2N)cc1F. The number of rotatable bonds is 3. The number of nitrogens with one attached hydrogen (secondary N) is 1. The van der Waals surface area contributed by atoms with Crippen molar-refractivity contribution in [1.82, 2.24) is 4.98 Å². The van der Waals surface area contributed by atoms with Crippen LogP contribution in [0.4, 0.5) is 21.6 Å². The second-order valence-corrected chi connectivity index (χ2v) is 3.93. The molecule has 0 unspecified atom stereocenters. The van der Waals surface area contributed by atoms with Crippen molar-refractivity contribution in [2.24, 2.45) is 0 Å². The molecule has 6 heteroatoms. The van der Waals surface area contributed by atoms with Crippen LogP contribution in [0, 0.1) is 5.82 Å². The molecule has 0 atom stereocenters. The summed E-state index contributed by atoms with van der Waals surface area (Å²) >= 11 is 5.76. The van der Waals surface area contributed by atoms with E-state index in [1.54, 1.807) is 18.2 Å². The summed E-state index contributed by atoms with van der Waals surface area (Å²) in [6, 6.07) is 7.66. The lowest BCUT2D eigenvalue weighted by atomic mass is 10.3. The highest BCUT2D eigenvalue weighted by molar-refractivity contribution is 6.29. The first-order valence-electron chi connectivity index (χ1n) is 5.12. The third kappa shape index (κ3) is 2.62. The van der Waals surface area contributed by atoms with E-state index >= 15 is 0 Å². The lowest BCUT2D eigenvalue weighted by Gasteiger charge is -2.09. The quantitative estimate of drug-likeness (QED) is 0.839. The van der Waals surface area contributed by atoms with Crippen molar-refractivity contribution in [3.8, 4) is 5.75 Å². The van der Waals surface area contributed by atoms with Crippen molar-refractivity contribution in [2.75, 3.05) is 18.2 Å². The number of hydrogen-bond donors (Lipinski definition) is 2. The van der Waals surface area contributed by atoms with Gasteiger partial charge in [-0.05, 0) is 24.3 Å². The summed E-state index contributed by atoms with van der Waals surface area (Å²) in [5, 5.41) is 3.20. The van der Waals surface area contributed by atoms with Gasteiger partial charge >= 0.3 is 0 Å². The van der Waals surface area contributed by atoms with Gasteiger partial charge in [0.2, 0.25) is 0 Å². The van der Waals surface area contributed by atoms with E-state index in [0.717, 1.165) is 0 Å². The zero-order valence-corrected chi connectivity index (χ0v) is 10.3. The minimum Gasteiger partial charge on any atom is -0.494 e. The van der Waals surface area contributed by atoms with E-state index in [9.17, 15) is 4.39 Å². The molecule has 1 heterocycles. The summed E-state index contributed by atoms with van der Waals surface area (Å²) in [5.74, 6) is 0.0859. The van der Waals surface area contributed by atoms with Crippen LogP contribution >= 0.6 is 11.6 Å². The number of nitrogen functional groups attached to an aromatic ring is 1. The van der Waals surface area contributed by atoms with Gasteiger partial charge in [0.05, 0.1) is 12.8 Å². The number of pyridine rings is 1. The molecule has 0 fully saturated rings. The Hall–Kier alpha value is -2.01. The third-order valence-corrected chi connectivity index (χ3v) is 2.52. The van der Waals surface area contributed by atoms with E-state index in [1.165, 1.54) is 19.2 Å². The fourth-order valence-electron chi connectivity index (χ4n) is 1.43. The van der Waals surface area contributed by atoms with Crippen molar-refractivity contribution in [1.29, 1.82) is 0 Å². The molecule has 4 nitrogen and oxygen atoms in total. The molecule has 18 heavy (non-hydrogen) atoms. The van der Waals surface area contributed by atoms with E-state index in [4.69, 9.17) is 22.1 Å². The summed E-state index contributed by atoms with van der Waals surface area (Å²) < 4.78 is 18.3. The van der Waals surface area contributed by atoms with Gasteiger partial charge in [-0.2, -0.15) is 0 Å². The van der Waals surface area contributed by atoms with Crippen molar-refractivity contribution < 1.29 is 9.13 Å². The van der Waals surface area contributed by atoms with E-state index in [-0.39, 0.29) is 5.75 Å². The summed E-state index contributed by atoms with van der Waals surface area (Å²) in [5.41, 5.74) is 6.66. The first-order valence-corrected chi connectivity index (χ1v) is 5.50. The van der Waals surface area contributed by atoms with E-state index < -0.39 is 5.82 Å². The molecule has 0 amide bonds. The van der Waals surface area contributed by atoms with Gasteiger partial charge in [0.1, 0.15) is 5.15 Å². The van der Waals surface area contributed by atoms with Crippen LogP contribution in [0.1, 0.15) is 0 Å². The first kappa shape index (κ1) is 12.4. The molecular formula is C12H11ClFN3O. The minimum atomic E-state index is -0.469. The Kier molecular flexibility index (Phi) is 3.53. The summed E-state index contributed by atoms with van der Waals surface area (Å²) in [7, 11) is 1.40. The fraction of sp³-hybridized carbons (Fsp3) is 0.0833. The summed E-state index contributed by atoms with van der Waals surface area (Å²) in [4.78, 5) is 4.02. The average molecular weight is 268 g/mol. The van der Waals surface area contributed by atoms with Gasteiger partial charge in [-0.25, -0.2) is 9.37 Å². The second-order valence-electron chi connectivity index (χ2n) is 3.55. The maximum absolute atomic E-state index is 13.5. The molecule has 0 aliphatic carbocycles. The Labute approximate surface area is 109 Å². The van der Waals surface area contributed by atoms with E-state index in [2.05, 4.69) is 10.3 Å². The topological polar surface area (TPSA) is 60.2 Å². The van der Waals surface area contributed by atoms with Crippen molar-refractivity contribution in [2.45, 2.75) is 0 Å².